The van der Waals surface area contributed by atoms with Crippen molar-refractivity contribution in [2.24, 2.45) is 5.73 Å². The van der Waals surface area contributed by atoms with Crippen LogP contribution in [-0.4, -0.2) is 25.4 Å². The number of primary amides is 1. The summed E-state index contributed by atoms with van der Waals surface area (Å²) in [5, 5.41) is 0. The minimum Gasteiger partial charge on any atom is -0.364 e. The number of carbonyl (C=O) groups excluding carboxylic acids is 1. The zero-order valence-electron chi connectivity index (χ0n) is 12.3. The van der Waals surface area contributed by atoms with E-state index >= 15 is 0 Å². The average molecular weight is 315 g/mol. The molecule has 7 nitrogen and oxygen atoms in total. The Morgan fingerprint density at radius 3 is 2.83 bits per heavy atom. The molecular formula is C15H14FN5O2. The second-order valence-electron chi connectivity index (χ2n) is 5.05. The highest BCUT2D eigenvalue weighted by Gasteiger charge is 2.19. The van der Waals surface area contributed by atoms with Gasteiger partial charge in [0.05, 0.1) is 0 Å². The lowest BCUT2D eigenvalue weighted by molar-refractivity contribution is 0.0997. The minimum absolute atomic E-state index is 0.0961. The molecule has 1 aromatic carbocycles. The third kappa shape index (κ3) is 2.59. The molecule has 23 heavy (non-hydrogen) atoms. The van der Waals surface area contributed by atoms with Crippen molar-refractivity contribution < 1.29 is 9.18 Å². The Morgan fingerprint density at radius 2 is 2.17 bits per heavy atom. The van der Waals surface area contributed by atoms with Crippen LogP contribution in [0.2, 0.25) is 0 Å². The van der Waals surface area contributed by atoms with Crippen LogP contribution in [0, 0.1) is 5.82 Å². The van der Waals surface area contributed by atoms with Crippen LogP contribution in [0.4, 0.5) is 4.39 Å². The van der Waals surface area contributed by atoms with E-state index in [4.69, 9.17) is 5.73 Å². The molecule has 0 saturated carbocycles. The number of nitrogens with zero attached hydrogens (tertiary/aromatic N) is 3. The van der Waals surface area contributed by atoms with E-state index in [1.54, 1.807) is 6.07 Å². The quantitative estimate of drug-likeness (QED) is 0.759. The first kappa shape index (κ1) is 14.9. The summed E-state index contributed by atoms with van der Waals surface area (Å²) in [6, 6.07) is 5.67. The highest BCUT2D eigenvalue weighted by molar-refractivity contribution is 6.01. The summed E-state index contributed by atoms with van der Waals surface area (Å²) in [6.07, 6.45) is 0.706. The molecule has 118 valence electrons. The second kappa shape index (κ2) is 5.64. The molecule has 0 spiro atoms. The fourth-order valence-electron chi connectivity index (χ4n) is 2.40. The zero-order valence-corrected chi connectivity index (χ0v) is 12.3. The van der Waals surface area contributed by atoms with Gasteiger partial charge in [-0.3, -0.25) is 9.36 Å². The van der Waals surface area contributed by atoms with E-state index in [1.807, 2.05) is 6.92 Å². The number of aromatic nitrogens is 4. The van der Waals surface area contributed by atoms with Gasteiger partial charge in [0.25, 0.3) is 5.91 Å². The van der Waals surface area contributed by atoms with E-state index in [1.165, 1.54) is 22.8 Å². The van der Waals surface area contributed by atoms with E-state index in [-0.39, 0.29) is 22.7 Å². The van der Waals surface area contributed by atoms with E-state index < -0.39 is 17.4 Å². The molecule has 0 aliphatic carbocycles. The van der Waals surface area contributed by atoms with Crippen molar-refractivity contribution in [3.05, 3.63) is 46.3 Å². The standard InChI is InChI=1S/C15H14FN5O2/c1-2-6-21-14-11(19-15(21)23)10(12(17)22)18-13(20-14)8-4-3-5-9(16)7-8/h3-5,7H,2,6H2,1H3,(H2,17,22)(H,19,23). The molecule has 0 atom stereocenters. The summed E-state index contributed by atoms with van der Waals surface area (Å²) in [4.78, 5) is 34.7. The maximum absolute atomic E-state index is 13.4. The number of fused-ring (bicyclic) bond motifs is 1. The highest BCUT2D eigenvalue weighted by atomic mass is 19.1. The maximum atomic E-state index is 13.4. The number of imidazole rings is 1. The summed E-state index contributed by atoms with van der Waals surface area (Å²) in [5.74, 6) is -1.11. The monoisotopic (exact) mass is 315 g/mol. The number of H-pyrrole nitrogens is 1. The van der Waals surface area contributed by atoms with Crippen LogP contribution >= 0.6 is 0 Å². The average Bonchev–Trinajstić information content (AvgIpc) is 2.83. The zero-order chi connectivity index (χ0) is 16.6. The van der Waals surface area contributed by atoms with Crippen molar-refractivity contribution in [1.29, 1.82) is 0 Å². The van der Waals surface area contributed by atoms with Gasteiger partial charge in [-0.15, -0.1) is 0 Å². The van der Waals surface area contributed by atoms with Crippen LogP contribution in [0.1, 0.15) is 23.8 Å². The number of halogens is 1. The first-order chi connectivity index (χ1) is 11.0. The highest BCUT2D eigenvalue weighted by Crippen LogP contribution is 2.20. The van der Waals surface area contributed by atoms with Crippen molar-refractivity contribution in [3.8, 4) is 11.4 Å². The molecule has 0 bridgehead atoms. The number of nitrogens with one attached hydrogen (secondary N) is 1. The van der Waals surface area contributed by atoms with Crippen molar-refractivity contribution in [2.75, 3.05) is 0 Å². The lowest BCUT2D eigenvalue weighted by Crippen LogP contribution is -2.16. The van der Waals surface area contributed by atoms with E-state index in [9.17, 15) is 14.0 Å². The largest absolute Gasteiger partial charge is 0.364 e. The first-order valence-electron chi connectivity index (χ1n) is 7.07. The number of hydrogen-bond acceptors (Lipinski definition) is 4. The van der Waals surface area contributed by atoms with Gasteiger partial charge in [-0.2, -0.15) is 0 Å². The third-order valence-electron chi connectivity index (χ3n) is 3.39. The van der Waals surface area contributed by atoms with Crippen LogP contribution in [0.3, 0.4) is 0 Å². The lowest BCUT2D eigenvalue weighted by Gasteiger charge is -2.05. The van der Waals surface area contributed by atoms with Gasteiger partial charge in [-0.1, -0.05) is 19.1 Å². The smallest absolute Gasteiger partial charge is 0.327 e. The van der Waals surface area contributed by atoms with Crippen molar-refractivity contribution >= 4 is 17.1 Å². The van der Waals surface area contributed by atoms with Gasteiger partial charge in [0.2, 0.25) is 0 Å². The minimum atomic E-state index is -0.792. The van der Waals surface area contributed by atoms with Crippen molar-refractivity contribution in [3.63, 3.8) is 0 Å². The van der Waals surface area contributed by atoms with Gasteiger partial charge in [-0.25, -0.2) is 19.2 Å². The predicted octanol–water partition coefficient (Wildman–Crippen LogP) is 1.43. The van der Waals surface area contributed by atoms with Gasteiger partial charge in [-0.05, 0) is 18.6 Å². The van der Waals surface area contributed by atoms with Gasteiger partial charge in [0.1, 0.15) is 11.3 Å². The summed E-state index contributed by atoms with van der Waals surface area (Å²) in [7, 11) is 0. The topological polar surface area (TPSA) is 107 Å². The fourth-order valence-corrected chi connectivity index (χ4v) is 2.40. The van der Waals surface area contributed by atoms with E-state index in [2.05, 4.69) is 15.0 Å². The predicted molar refractivity (Wildman–Crippen MR) is 82.4 cm³/mol. The molecule has 0 aliphatic heterocycles. The number of hydrogen-bond donors (Lipinski definition) is 2. The Bertz CT molecular complexity index is 960. The van der Waals surface area contributed by atoms with Crippen molar-refractivity contribution in [1.82, 2.24) is 19.5 Å². The molecule has 3 aromatic rings. The van der Waals surface area contributed by atoms with E-state index in [0.29, 0.717) is 18.5 Å². The third-order valence-corrected chi connectivity index (χ3v) is 3.39. The summed E-state index contributed by atoms with van der Waals surface area (Å²) < 4.78 is 14.8. The molecule has 1 amide bonds. The van der Waals surface area contributed by atoms with Crippen LogP contribution in [0.5, 0.6) is 0 Å². The summed E-state index contributed by atoms with van der Waals surface area (Å²) in [6.45, 7) is 2.34. The number of nitrogens with two attached hydrogens (primary N) is 1. The van der Waals surface area contributed by atoms with Gasteiger partial charge < -0.3 is 10.7 Å². The summed E-state index contributed by atoms with van der Waals surface area (Å²) >= 11 is 0. The maximum Gasteiger partial charge on any atom is 0.327 e. The number of carbonyl (C=O) groups is 1. The molecule has 0 aliphatic rings. The van der Waals surface area contributed by atoms with Gasteiger partial charge in [0, 0.05) is 12.1 Å². The lowest BCUT2D eigenvalue weighted by atomic mass is 10.2. The molecule has 3 N–H and O–H groups in total. The fraction of sp³-hybridized carbons (Fsp3) is 0.200. The van der Waals surface area contributed by atoms with Crippen molar-refractivity contribution in [2.45, 2.75) is 19.9 Å². The normalized spacial score (nSPS) is 11.0. The number of aromatic amines is 1. The van der Waals surface area contributed by atoms with Crippen LogP contribution in [0.15, 0.2) is 29.1 Å². The molecular weight excluding hydrogens is 301 g/mol. The Morgan fingerprint density at radius 1 is 1.39 bits per heavy atom. The molecule has 0 saturated heterocycles. The number of amides is 1. The van der Waals surface area contributed by atoms with Crippen LogP contribution in [0.25, 0.3) is 22.6 Å². The summed E-state index contributed by atoms with van der Waals surface area (Å²) in [5.41, 5.74) is 5.73. The Kier molecular flexibility index (Phi) is 3.65. The number of benzene rings is 1. The van der Waals surface area contributed by atoms with Gasteiger partial charge >= 0.3 is 5.69 Å². The number of aryl methyl sites for hydroxylation is 1. The molecule has 8 heteroatoms. The Hall–Kier alpha value is -3.03. The molecule has 2 heterocycles. The van der Waals surface area contributed by atoms with Crippen LogP contribution in [-0.2, 0) is 6.54 Å². The SMILES string of the molecule is CCCn1c(=O)[nH]c2c(C(N)=O)nc(-c3cccc(F)c3)nc21. The molecule has 3 rings (SSSR count). The number of rotatable bonds is 4. The molecule has 0 fully saturated rings. The van der Waals surface area contributed by atoms with Gasteiger partial charge in [0.15, 0.2) is 17.2 Å². The van der Waals surface area contributed by atoms with Crippen LogP contribution < -0.4 is 11.4 Å². The molecule has 2 aromatic heterocycles. The second-order valence-corrected chi connectivity index (χ2v) is 5.05. The Labute approximate surface area is 130 Å². The Balaban J connectivity index is 2.34. The molecule has 0 unspecified atom stereocenters. The first-order valence-corrected chi connectivity index (χ1v) is 7.07. The molecule has 0 radical (unpaired) electrons. The van der Waals surface area contributed by atoms with E-state index in [0.717, 1.165) is 0 Å².